The van der Waals surface area contributed by atoms with Crippen LogP contribution in [0, 0.1) is 0 Å². The number of hydrogen-bond donors (Lipinski definition) is 3. The highest BCUT2D eigenvalue weighted by molar-refractivity contribution is 5.91. The van der Waals surface area contributed by atoms with Gasteiger partial charge in [0.25, 0.3) is 0 Å². The number of fused-ring (bicyclic) bond motifs is 3. The zero-order valence-electron chi connectivity index (χ0n) is 19.8. The number of benzene rings is 2. The monoisotopic (exact) mass is 468 g/mol. The van der Waals surface area contributed by atoms with E-state index >= 15 is 0 Å². The highest BCUT2D eigenvalue weighted by atomic mass is 16.5. The van der Waals surface area contributed by atoms with Crippen LogP contribution in [0.25, 0.3) is 11.1 Å². The first-order valence-electron chi connectivity index (χ1n) is 11.5. The number of ether oxygens (including phenoxy) is 2. The molecule has 2 amide bonds. The van der Waals surface area contributed by atoms with Crippen LogP contribution < -0.4 is 10.6 Å². The summed E-state index contributed by atoms with van der Waals surface area (Å²) in [5.41, 5.74) is 2.86. The Morgan fingerprint density at radius 3 is 2.12 bits per heavy atom. The molecule has 182 valence electrons. The zero-order valence-corrected chi connectivity index (χ0v) is 19.8. The molecule has 0 saturated carbocycles. The maximum Gasteiger partial charge on any atom is 0.407 e. The zero-order chi connectivity index (χ0) is 24.7. The van der Waals surface area contributed by atoms with E-state index in [0.29, 0.717) is 12.8 Å². The molecule has 1 aliphatic carbocycles. The van der Waals surface area contributed by atoms with Crippen LogP contribution in [0.1, 0.15) is 50.2 Å². The first-order valence-corrected chi connectivity index (χ1v) is 11.5. The van der Waals surface area contributed by atoms with Crippen molar-refractivity contribution in [2.24, 2.45) is 0 Å². The molecular formula is C26H32N2O6. The molecule has 1 aliphatic rings. The molecule has 2 aromatic carbocycles. The molecule has 0 aliphatic heterocycles. The van der Waals surface area contributed by atoms with Gasteiger partial charge in [-0.2, -0.15) is 0 Å². The van der Waals surface area contributed by atoms with E-state index in [1.165, 1.54) is 7.11 Å². The highest BCUT2D eigenvalue weighted by Gasteiger charge is 2.40. The number of amides is 2. The minimum Gasteiger partial charge on any atom is -0.479 e. The number of carboxylic acid groups (broad SMARTS) is 1. The van der Waals surface area contributed by atoms with E-state index in [4.69, 9.17) is 9.47 Å². The molecule has 0 bridgehead atoms. The predicted octanol–water partition coefficient (Wildman–Crippen LogP) is 3.69. The van der Waals surface area contributed by atoms with E-state index in [2.05, 4.69) is 22.8 Å². The van der Waals surface area contributed by atoms with Crippen molar-refractivity contribution in [3.63, 3.8) is 0 Å². The van der Waals surface area contributed by atoms with Gasteiger partial charge in [-0.05, 0) is 35.1 Å². The summed E-state index contributed by atoms with van der Waals surface area (Å²) >= 11 is 0. The first-order chi connectivity index (χ1) is 16.4. The average molecular weight is 469 g/mol. The number of carbonyl (C=O) groups is 3. The lowest BCUT2D eigenvalue weighted by molar-refractivity contribution is -0.150. The molecule has 3 N–H and O–H groups in total. The normalized spacial score (nSPS) is 14.9. The molecule has 1 unspecified atom stereocenters. The van der Waals surface area contributed by atoms with Crippen molar-refractivity contribution in [1.82, 2.24) is 10.6 Å². The molecule has 2 atom stereocenters. The van der Waals surface area contributed by atoms with Gasteiger partial charge in [0, 0.05) is 13.0 Å². The Balaban J connectivity index is 1.68. The standard InChI is InChI=1S/C26H32N2O6/c1-4-10-22(23(29)28-26(5-2,16-33-3)24(30)31)27-25(32)34-15-21-19-13-8-6-11-17(19)18-12-7-9-14-20(18)21/h6-9,11-14,21-22H,4-5,10,15-16H2,1-3H3,(H,27,32)(H,28,29)(H,30,31)/t22-,26?/m0/s1. The lowest BCUT2D eigenvalue weighted by atomic mass is 9.96. The fourth-order valence-electron chi connectivity index (χ4n) is 4.40. The van der Waals surface area contributed by atoms with Crippen LogP contribution in [-0.4, -0.2) is 55.0 Å². The van der Waals surface area contributed by atoms with E-state index in [-0.39, 0.29) is 25.6 Å². The second kappa shape index (κ2) is 11.2. The van der Waals surface area contributed by atoms with Crippen LogP contribution in [0.15, 0.2) is 48.5 Å². The van der Waals surface area contributed by atoms with Crippen molar-refractivity contribution in [2.75, 3.05) is 20.3 Å². The second-order valence-corrected chi connectivity index (χ2v) is 8.47. The van der Waals surface area contributed by atoms with Gasteiger partial charge in [-0.3, -0.25) is 4.79 Å². The maximum atomic E-state index is 12.9. The fraction of sp³-hybridized carbons (Fsp3) is 0.423. The molecule has 0 fully saturated rings. The molecular weight excluding hydrogens is 436 g/mol. The summed E-state index contributed by atoms with van der Waals surface area (Å²) < 4.78 is 10.6. The van der Waals surface area contributed by atoms with Gasteiger partial charge in [-0.25, -0.2) is 9.59 Å². The number of aliphatic carboxylic acids is 1. The van der Waals surface area contributed by atoms with Gasteiger partial charge < -0.3 is 25.2 Å². The Bertz CT molecular complexity index is 994. The Kier molecular flexibility index (Phi) is 8.28. The van der Waals surface area contributed by atoms with E-state index in [1.54, 1.807) is 6.92 Å². The van der Waals surface area contributed by atoms with Crippen molar-refractivity contribution >= 4 is 18.0 Å². The molecule has 0 spiro atoms. The Hall–Kier alpha value is -3.39. The number of methoxy groups -OCH3 is 1. The lowest BCUT2D eigenvalue weighted by Gasteiger charge is -2.30. The number of nitrogens with one attached hydrogen (secondary N) is 2. The third kappa shape index (κ3) is 5.22. The Labute approximate surface area is 199 Å². The van der Waals surface area contributed by atoms with Gasteiger partial charge in [-0.1, -0.05) is 68.8 Å². The van der Waals surface area contributed by atoms with Crippen LogP contribution in [0.5, 0.6) is 0 Å². The van der Waals surface area contributed by atoms with Gasteiger partial charge in [0.15, 0.2) is 5.54 Å². The van der Waals surface area contributed by atoms with Gasteiger partial charge in [0.2, 0.25) is 5.91 Å². The van der Waals surface area contributed by atoms with Gasteiger partial charge in [-0.15, -0.1) is 0 Å². The van der Waals surface area contributed by atoms with E-state index in [0.717, 1.165) is 22.3 Å². The highest BCUT2D eigenvalue weighted by Crippen LogP contribution is 2.44. The molecule has 0 saturated heterocycles. The summed E-state index contributed by atoms with van der Waals surface area (Å²) in [5, 5.41) is 14.8. The molecule has 8 nitrogen and oxygen atoms in total. The number of carbonyl (C=O) groups excluding carboxylic acids is 2. The largest absolute Gasteiger partial charge is 0.479 e. The predicted molar refractivity (Wildman–Crippen MR) is 128 cm³/mol. The van der Waals surface area contributed by atoms with Crippen molar-refractivity contribution in [3.8, 4) is 11.1 Å². The SMILES string of the molecule is CCC[C@H](NC(=O)OCC1c2ccccc2-c2ccccc21)C(=O)NC(CC)(COC)C(=O)O. The quantitative estimate of drug-likeness (QED) is 0.464. The van der Waals surface area contributed by atoms with E-state index in [9.17, 15) is 19.5 Å². The number of rotatable bonds is 11. The van der Waals surface area contributed by atoms with Crippen molar-refractivity contribution in [1.29, 1.82) is 0 Å². The molecule has 2 aromatic rings. The smallest absolute Gasteiger partial charge is 0.407 e. The number of hydrogen-bond acceptors (Lipinski definition) is 5. The van der Waals surface area contributed by atoms with E-state index in [1.807, 2.05) is 43.3 Å². The molecule has 0 heterocycles. The van der Waals surface area contributed by atoms with Gasteiger partial charge in [0.1, 0.15) is 12.6 Å². The Morgan fingerprint density at radius 1 is 1.03 bits per heavy atom. The second-order valence-electron chi connectivity index (χ2n) is 8.47. The van der Waals surface area contributed by atoms with Crippen molar-refractivity contribution in [3.05, 3.63) is 59.7 Å². The summed E-state index contributed by atoms with van der Waals surface area (Å²) in [5.74, 6) is -1.88. The molecule has 8 heteroatoms. The summed E-state index contributed by atoms with van der Waals surface area (Å²) in [4.78, 5) is 37.4. The van der Waals surface area contributed by atoms with Gasteiger partial charge >= 0.3 is 12.1 Å². The average Bonchev–Trinajstić information content (AvgIpc) is 3.15. The van der Waals surface area contributed by atoms with E-state index < -0.39 is 29.6 Å². The fourth-order valence-corrected chi connectivity index (χ4v) is 4.40. The van der Waals surface area contributed by atoms with Crippen LogP contribution in [0.2, 0.25) is 0 Å². The Morgan fingerprint density at radius 2 is 1.62 bits per heavy atom. The van der Waals surface area contributed by atoms with Crippen molar-refractivity contribution in [2.45, 2.75) is 50.6 Å². The van der Waals surface area contributed by atoms with Crippen LogP contribution in [0.3, 0.4) is 0 Å². The van der Waals surface area contributed by atoms with Crippen LogP contribution >= 0.6 is 0 Å². The minimum absolute atomic E-state index is 0.0990. The van der Waals surface area contributed by atoms with Crippen LogP contribution in [0.4, 0.5) is 4.79 Å². The summed E-state index contributed by atoms with van der Waals surface area (Å²) in [6, 6.07) is 15.1. The van der Waals surface area contributed by atoms with Crippen molar-refractivity contribution < 1.29 is 29.0 Å². The molecule has 0 radical (unpaired) electrons. The molecule has 0 aromatic heterocycles. The van der Waals surface area contributed by atoms with Gasteiger partial charge in [0.05, 0.1) is 6.61 Å². The third-order valence-corrected chi connectivity index (χ3v) is 6.30. The summed E-state index contributed by atoms with van der Waals surface area (Å²) in [7, 11) is 1.37. The summed E-state index contributed by atoms with van der Waals surface area (Å²) in [6.45, 7) is 3.46. The number of alkyl carbamates (subject to hydrolysis) is 1. The first kappa shape index (κ1) is 25.2. The van der Waals surface area contributed by atoms with Crippen LogP contribution in [-0.2, 0) is 19.1 Å². The number of carboxylic acids is 1. The molecule has 34 heavy (non-hydrogen) atoms. The lowest BCUT2D eigenvalue weighted by Crippen LogP contribution is -2.61. The molecule has 3 rings (SSSR count). The topological polar surface area (TPSA) is 114 Å². The minimum atomic E-state index is -1.57. The maximum absolute atomic E-state index is 12.9. The third-order valence-electron chi connectivity index (χ3n) is 6.30. The summed E-state index contributed by atoms with van der Waals surface area (Å²) in [6.07, 6.45) is 0.353.